The molecule has 1 heterocycles. The number of rotatable bonds is 4. The summed E-state index contributed by atoms with van der Waals surface area (Å²) in [5.41, 5.74) is 5.99. The average molecular weight is 239 g/mol. The lowest BCUT2D eigenvalue weighted by atomic mass is 10.2. The van der Waals surface area contributed by atoms with Gasteiger partial charge in [-0.2, -0.15) is 0 Å². The molecule has 0 aliphatic heterocycles. The zero-order chi connectivity index (χ0) is 12.1. The molecule has 1 rings (SSSR count). The van der Waals surface area contributed by atoms with Gasteiger partial charge >= 0.3 is 0 Å². The Labute approximate surface area is 99.9 Å². The number of nitrogens with two attached hydrogens (primary N) is 1. The molecule has 1 unspecified atom stereocenters. The van der Waals surface area contributed by atoms with Crippen LogP contribution in [0.25, 0.3) is 0 Å². The molecule has 0 aliphatic rings. The highest BCUT2D eigenvalue weighted by molar-refractivity contribution is 7.99. The Morgan fingerprint density at radius 2 is 2.12 bits per heavy atom. The van der Waals surface area contributed by atoms with Gasteiger partial charge in [-0.25, -0.2) is 4.98 Å². The van der Waals surface area contributed by atoms with Gasteiger partial charge in [0, 0.05) is 5.25 Å². The van der Waals surface area contributed by atoms with Crippen LogP contribution in [0, 0.1) is 5.92 Å². The van der Waals surface area contributed by atoms with Crippen LogP contribution in [0.5, 0.6) is 0 Å². The largest absolute Gasteiger partial charge is 0.409 e. The van der Waals surface area contributed by atoms with Gasteiger partial charge in [0.05, 0.1) is 5.03 Å². The van der Waals surface area contributed by atoms with Crippen LogP contribution in [-0.2, 0) is 0 Å². The van der Waals surface area contributed by atoms with E-state index in [-0.39, 0.29) is 5.84 Å². The topological polar surface area (TPSA) is 71.5 Å². The maximum Gasteiger partial charge on any atom is 0.188 e. The Kier molecular flexibility index (Phi) is 4.61. The average Bonchev–Trinajstić information content (AvgIpc) is 2.28. The predicted molar refractivity (Wildman–Crippen MR) is 66.9 cm³/mol. The lowest BCUT2D eigenvalue weighted by Crippen LogP contribution is -2.15. The molecule has 0 spiro atoms. The molecule has 0 bridgehead atoms. The minimum atomic E-state index is 0.0413. The van der Waals surface area contributed by atoms with Crippen molar-refractivity contribution < 1.29 is 5.21 Å². The van der Waals surface area contributed by atoms with E-state index in [1.165, 1.54) is 0 Å². The molecule has 1 aromatic heterocycles. The van der Waals surface area contributed by atoms with E-state index in [9.17, 15) is 0 Å². The van der Waals surface area contributed by atoms with Gasteiger partial charge in [-0.15, -0.1) is 11.8 Å². The van der Waals surface area contributed by atoms with Crippen molar-refractivity contribution >= 4 is 17.6 Å². The number of aromatic nitrogens is 1. The molecule has 5 heteroatoms. The van der Waals surface area contributed by atoms with Gasteiger partial charge in [0.1, 0.15) is 5.69 Å². The van der Waals surface area contributed by atoms with Crippen LogP contribution >= 0.6 is 11.8 Å². The number of oxime groups is 1. The van der Waals surface area contributed by atoms with E-state index >= 15 is 0 Å². The molecule has 0 aliphatic carbocycles. The fraction of sp³-hybridized carbons (Fsp3) is 0.455. The first-order chi connectivity index (χ1) is 7.54. The van der Waals surface area contributed by atoms with Crippen LogP contribution in [-0.4, -0.2) is 21.3 Å². The van der Waals surface area contributed by atoms with Crippen molar-refractivity contribution in [3.05, 3.63) is 23.9 Å². The standard InChI is InChI=1S/C11H17N3OS/c1-7(2)8(3)16-10-6-4-5-9(13-10)11(12)14-15/h4-8,15H,1-3H3,(H2,12,14). The highest BCUT2D eigenvalue weighted by atomic mass is 32.2. The van der Waals surface area contributed by atoms with E-state index in [1.807, 2.05) is 12.1 Å². The second kappa shape index (κ2) is 5.75. The second-order valence-electron chi connectivity index (χ2n) is 3.91. The Bertz CT molecular complexity index is 379. The third-order valence-corrected chi connectivity index (χ3v) is 3.72. The minimum absolute atomic E-state index is 0.0413. The molecule has 0 saturated carbocycles. The van der Waals surface area contributed by atoms with E-state index in [1.54, 1.807) is 17.8 Å². The van der Waals surface area contributed by atoms with Crippen molar-refractivity contribution in [1.82, 2.24) is 4.98 Å². The molecule has 0 amide bonds. The number of hydrogen-bond donors (Lipinski definition) is 2. The van der Waals surface area contributed by atoms with Crippen LogP contribution in [0.1, 0.15) is 26.5 Å². The molecule has 0 aromatic carbocycles. The lowest BCUT2D eigenvalue weighted by Gasteiger charge is -2.14. The van der Waals surface area contributed by atoms with Crippen LogP contribution in [0.3, 0.4) is 0 Å². The summed E-state index contributed by atoms with van der Waals surface area (Å²) < 4.78 is 0. The molecule has 0 fully saturated rings. The molecule has 3 N–H and O–H groups in total. The fourth-order valence-electron chi connectivity index (χ4n) is 1.00. The highest BCUT2D eigenvalue weighted by Crippen LogP contribution is 2.26. The number of hydrogen-bond acceptors (Lipinski definition) is 4. The lowest BCUT2D eigenvalue weighted by molar-refractivity contribution is 0.318. The summed E-state index contributed by atoms with van der Waals surface area (Å²) in [5, 5.41) is 12.9. The first-order valence-electron chi connectivity index (χ1n) is 5.16. The zero-order valence-electron chi connectivity index (χ0n) is 9.71. The normalized spacial score (nSPS) is 14.1. The highest BCUT2D eigenvalue weighted by Gasteiger charge is 2.10. The molecule has 88 valence electrons. The first kappa shape index (κ1) is 12.8. The Balaban J connectivity index is 2.83. The van der Waals surface area contributed by atoms with Gasteiger partial charge < -0.3 is 10.9 Å². The first-order valence-corrected chi connectivity index (χ1v) is 6.04. The molecule has 0 radical (unpaired) electrons. The maximum atomic E-state index is 8.57. The molecule has 0 saturated heterocycles. The quantitative estimate of drug-likeness (QED) is 0.278. The van der Waals surface area contributed by atoms with Crippen LogP contribution < -0.4 is 5.73 Å². The van der Waals surface area contributed by atoms with E-state index in [0.717, 1.165) is 5.03 Å². The van der Waals surface area contributed by atoms with E-state index in [2.05, 4.69) is 30.9 Å². The summed E-state index contributed by atoms with van der Waals surface area (Å²) in [6, 6.07) is 5.51. The van der Waals surface area contributed by atoms with Gasteiger partial charge in [0.25, 0.3) is 0 Å². The molecular weight excluding hydrogens is 222 g/mol. The number of amidine groups is 1. The third-order valence-electron chi connectivity index (χ3n) is 2.34. The van der Waals surface area contributed by atoms with Crippen molar-refractivity contribution in [2.75, 3.05) is 0 Å². The van der Waals surface area contributed by atoms with Crippen molar-refractivity contribution in [1.29, 1.82) is 0 Å². The minimum Gasteiger partial charge on any atom is -0.409 e. The van der Waals surface area contributed by atoms with Crippen molar-refractivity contribution in [3.8, 4) is 0 Å². The fourth-order valence-corrected chi connectivity index (χ4v) is 1.96. The van der Waals surface area contributed by atoms with Crippen LogP contribution in [0.15, 0.2) is 28.4 Å². The maximum absolute atomic E-state index is 8.57. The number of nitrogens with zero attached hydrogens (tertiary/aromatic N) is 2. The summed E-state index contributed by atoms with van der Waals surface area (Å²) in [7, 11) is 0. The Hall–Kier alpha value is -1.23. The number of thioether (sulfide) groups is 1. The zero-order valence-corrected chi connectivity index (χ0v) is 10.5. The summed E-state index contributed by atoms with van der Waals surface area (Å²) in [6.07, 6.45) is 0. The monoisotopic (exact) mass is 239 g/mol. The Morgan fingerprint density at radius 1 is 1.44 bits per heavy atom. The Morgan fingerprint density at radius 3 is 2.69 bits per heavy atom. The van der Waals surface area contributed by atoms with E-state index in [4.69, 9.17) is 10.9 Å². The summed E-state index contributed by atoms with van der Waals surface area (Å²) in [4.78, 5) is 4.31. The van der Waals surface area contributed by atoms with Crippen LogP contribution in [0.2, 0.25) is 0 Å². The molecule has 1 aromatic rings. The molecule has 4 nitrogen and oxygen atoms in total. The van der Waals surface area contributed by atoms with Crippen molar-refractivity contribution in [2.45, 2.75) is 31.0 Å². The van der Waals surface area contributed by atoms with Crippen molar-refractivity contribution in [2.24, 2.45) is 16.8 Å². The van der Waals surface area contributed by atoms with Gasteiger partial charge in [-0.3, -0.25) is 0 Å². The van der Waals surface area contributed by atoms with Gasteiger partial charge in [-0.05, 0) is 18.1 Å². The second-order valence-corrected chi connectivity index (χ2v) is 5.31. The summed E-state index contributed by atoms with van der Waals surface area (Å²) >= 11 is 1.69. The smallest absolute Gasteiger partial charge is 0.188 e. The van der Waals surface area contributed by atoms with E-state index < -0.39 is 0 Å². The number of pyridine rings is 1. The molecule has 16 heavy (non-hydrogen) atoms. The van der Waals surface area contributed by atoms with E-state index in [0.29, 0.717) is 16.9 Å². The van der Waals surface area contributed by atoms with Gasteiger partial charge in [0.15, 0.2) is 5.84 Å². The summed E-state index contributed by atoms with van der Waals surface area (Å²) in [5.74, 6) is 0.624. The molecule has 1 atom stereocenters. The van der Waals surface area contributed by atoms with Crippen LogP contribution in [0.4, 0.5) is 0 Å². The third kappa shape index (κ3) is 3.41. The predicted octanol–water partition coefficient (Wildman–Crippen LogP) is 2.31. The molecular formula is C11H17N3OS. The van der Waals surface area contributed by atoms with Gasteiger partial charge in [0.2, 0.25) is 0 Å². The van der Waals surface area contributed by atoms with Gasteiger partial charge in [-0.1, -0.05) is 32.0 Å². The SMILES string of the molecule is CC(C)C(C)Sc1cccc(/C(N)=N/O)n1. The summed E-state index contributed by atoms with van der Waals surface area (Å²) in [6.45, 7) is 6.50. The van der Waals surface area contributed by atoms with Crippen molar-refractivity contribution in [3.63, 3.8) is 0 Å².